The lowest BCUT2D eigenvalue weighted by Crippen LogP contribution is -2.60. The number of guanidine groups is 1. The smallest absolute Gasteiger partial charge is 0.335 e. The van der Waals surface area contributed by atoms with E-state index in [-0.39, 0.29) is 65.1 Å². The van der Waals surface area contributed by atoms with E-state index in [9.17, 15) is 29.4 Å². The number of carbonyl (C=O) groups is 3. The Morgan fingerprint density at radius 2 is 1.69 bits per heavy atom. The molecule has 0 spiro atoms. The van der Waals surface area contributed by atoms with E-state index in [1.54, 1.807) is 6.26 Å². The highest BCUT2D eigenvalue weighted by Gasteiger charge is 2.66. The zero-order valence-corrected chi connectivity index (χ0v) is 31.1. The molecule has 288 valence electrons. The van der Waals surface area contributed by atoms with Crippen LogP contribution < -0.4 is 22.4 Å². The van der Waals surface area contributed by atoms with E-state index in [0.29, 0.717) is 31.7 Å². The third kappa shape index (κ3) is 8.75. The topological polar surface area (TPSA) is 208 Å². The number of hydrogen-bond donors (Lipinski definition) is 5. The van der Waals surface area contributed by atoms with Crippen LogP contribution in [0.25, 0.3) is 0 Å². The summed E-state index contributed by atoms with van der Waals surface area (Å²) >= 11 is 0. The fraction of sp³-hybridized carbons (Fsp3) is 0.725. The normalized spacial score (nSPS) is 31.2. The summed E-state index contributed by atoms with van der Waals surface area (Å²) in [4.78, 5) is 51.9. The highest BCUT2D eigenvalue weighted by atomic mass is 16.5. The molecule has 7 N–H and O–H groups in total. The molecule has 0 saturated heterocycles. The molecule has 3 fully saturated rings. The van der Waals surface area contributed by atoms with Crippen LogP contribution in [-0.2, 0) is 19.1 Å². The molecule has 1 aromatic rings. The Morgan fingerprint density at radius 3 is 2.38 bits per heavy atom. The van der Waals surface area contributed by atoms with Crippen LogP contribution >= 0.6 is 0 Å². The molecule has 52 heavy (non-hydrogen) atoms. The van der Waals surface area contributed by atoms with Crippen molar-refractivity contribution in [2.24, 2.45) is 39.1 Å². The molecule has 12 nitrogen and oxygen atoms in total. The van der Waals surface area contributed by atoms with Crippen LogP contribution in [0.4, 0.5) is 0 Å². The van der Waals surface area contributed by atoms with Gasteiger partial charge in [0.25, 0.3) is 0 Å². The summed E-state index contributed by atoms with van der Waals surface area (Å²) in [6.45, 7) is 4.93. The van der Waals surface area contributed by atoms with Gasteiger partial charge in [0.05, 0.1) is 11.9 Å². The Morgan fingerprint density at radius 1 is 0.962 bits per heavy atom. The Hall–Kier alpha value is -3.67. The second-order valence-corrected chi connectivity index (χ2v) is 16.3. The number of esters is 1. The number of ether oxygens (including phenoxy) is 1. The predicted octanol–water partition coefficient (Wildman–Crippen LogP) is 5.46. The molecule has 5 rings (SSSR count). The predicted molar refractivity (Wildman–Crippen MR) is 197 cm³/mol. The number of amides is 1. The van der Waals surface area contributed by atoms with Gasteiger partial charge >= 0.3 is 17.6 Å². The summed E-state index contributed by atoms with van der Waals surface area (Å²) in [5, 5.41) is 24.4. The van der Waals surface area contributed by atoms with Crippen molar-refractivity contribution in [1.82, 2.24) is 5.32 Å². The number of fused-ring (bicyclic) bond motifs is 5. The van der Waals surface area contributed by atoms with E-state index >= 15 is 0 Å². The average Bonchev–Trinajstić information content (AvgIpc) is 3.38. The summed E-state index contributed by atoms with van der Waals surface area (Å²) in [5.74, 6) is -0.771. The van der Waals surface area contributed by atoms with Gasteiger partial charge < -0.3 is 36.2 Å². The van der Waals surface area contributed by atoms with Gasteiger partial charge in [-0.1, -0.05) is 45.1 Å². The minimum Gasteiger partial charge on any atom is -0.480 e. The van der Waals surface area contributed by atoms with Crippen molar-refractivity contribution in [3.63, 3.8) is 0 Å². The highest BCUT2D eigenvalue weighted by Crippen LogP contribution is 2.70. The zero-order chi connectivity index (χ0) is 37.5. The SMILES string of the molecule is C[C@]12CC[C@H](OC(=O)CCCCCCCCC(=O)N[C@@H](CCCN=C(N)N)C(=O)O)C=C1CCC1C2CC[C@]2(C)[C@@H](c3ccc(=O)oc3)CC[C@]12O. The van der Waals surface area contributed by atoms with E-state index in [4.69, 9.17) is 20.6 Å². The molecule has 4 aliphatic rings. The number of nitrogens with zero attached hydrogens (tertiary/aromatic N) is 1. The lowest BCUT2D eigenvalue weighted by molar-refractivity contribution is -0.178. The number of carboxylic acid groups (broad SMARTS) is 1. The molecular weight excluding hydrogens is 664 g/mol. The van der Waals surface area contributed by atoms with Gasteiger partial charge in [-0.2, -0.15) is 0 Å². The number of carbonyl (C=O) groups excluding carboxylic acids is 2. The van der Waals surface area contributed by atoms with Crippen molar-refractivity contribution in [2.45, 2.75) is 153 Å². The zero-order valence-electron chi connectivity index (χ0n) is 31.1. The van der Waals surface area contributed by atoms with Gasteiger partial charge in [0.2, 0.25) is 5.91 Å². The highest BCUT2D eigenvalue weighted by molar-refractivity contribution is 5.83. The maximum Gasteiger partial charge on any atom is 0.335 e. The quantitative estimate of drug-likeness (QED) is 0.0451. The second kappa shape index (κ2) is 17.0. The third-order valence-corrected chi connectivity index (χ3v) is 13.3. The number of aliphatic hydroxyl groups is 1. The van der Waals surface area contributed by atoms with E-state index in [1.165, 1.54) is 11.6 Å². The maximum absolute atomic E-state index is 12.8. The minimum absolute atomic E-state index is 0.00539. The van der Waals surface area contributed by atoms with Crippen LogP contribution in [-0.4, -0.2) is 58.3 Å². The first-order chi connectivity index (χ1) is 24.8. The van der Waals surface area contributed by atoms with Crippen molar-refractivity contribution in [1.29, 1.82) is 0 Å². The molecule has 12 heteroatoms. The van der Waals surface area contributed by atoms with Crippen LogP contribution in [0.1, 0.15) is 141 Å². The van der Waals surface area contributed by atoms with E-state index in [1.807, 2.05) is 6.07 Å². The monoisotopic (exact) mass is 724 g/mol. The number of allylic oxidation sites excluding steroid dienone is 1. The Labute approximate surface area is 307 Å². The molecule has 0 bridgehead atoms. The van der Waals surface area contributed by atoms with Crippen molar-refractivity contribution < 1.29 is 33.8 Å². The van der Waals surface area contributed by atoms with E-state index in [2.05, 4.69) is 30.2 Å². The molecule has 0 aliphatic heterocycles. The summed E-state index contributed by atoms with van der Waals surface area (Å²) in [6.07, 6.45) is 17.3. The minimum atomic E-state index is -1.07. The third-order valence-electron chi connectivity index (χ3n) is 13.3. The lowest BCUT2D eigenvalue weighted by atomic mass is 9.45. The van der Waals surface area contributed by atoms with Crippen LogP contribution in [0.15, 0.2) is 44.2 Å². The number of unbranched alkanes of at least 4 members (excludes halogenated alkanes) is 5. The largest absolute Gasteiger partial charge is 0.480 e. The van der Waals surface area contributed by atoms with Gasteiger partial charge in [0, 0.05) is 30.9 Å². The van der Waals surface area contributed by atoms with E-state index in [0.717, 1.165) is 89.0 Å². The molecule has 2 unspecified atom stereocenters. The van der Waals surface area contributed by atoms with Crippen molar-refractivity contribution in [2.75, 3.05) is 6.54 Å². The number of aliphatic carboxylic acids is 1. The molecule has 1 aromatic heterocycles. The molecule has 0 radical (unpaired) electrons. The molecule has 8 atom stereocenters. The Balaban J connectivity index is 0.999. The summed E-state index contributed by atoms with van der Waals surface area (Å²) in [6, 6.07) is 2.41. The van der Waals surface area contributed by atoms with Crippen LogP contribution in [0.3, 0.4) is 0 Å². The fourth-order valence-corrected chi connectivity index (χ4v) is 10.4. The Bertz CT molecular complexity index is 1530. The number of nitrogens with one attached hydrogen (secondary N) is 1. The number of aliphatic imine (C=N–C) groups is 1. The van der Waals surface area contributed by atoms with Crippen molar-refractivity contribution >= 4 is 23.8 Å². The summed E-state index contributed by atoms with van der Waals surface area (Å²) in [5.41, 5.74) is 11.6. The molecule has 3 saturated carbocycles. The number of carboxylic acids is 1. The molecule has 1 amide bonds. The first kappa shape index (κ1) is 39.5. The van der Waals surface area contributed by atoms with Gasteiger partial charge in [-0.3, -0.25) is 14.6 Å². The Kier molecular flexibility index (Phi) is 12.9. The van der Waals surface area contributed by atoms with Gasteiger partial charge in [-0.15, -0.1) is 0 Å². The molecule has 4 aliphatic carbocycles. The summed E-state index contributed by atoms with van der Waals surface area (Å²) < 4.78 is 11.2. The van der Waals surface area contributed by atoms with Gasteiger partial charge in [-0.25, -0.2) is 9.59 Å². The standard InChI is InChI=1S/C40H60N4O8/c1-38-20-17-28(52-35(47)12-8-6-4-3-5-7-11-33(45)44-32(36(48)49)10-9-23-43-37(41)42)24-27(38)14-15-31-30(38)18-21-39(2)29(19-22-40(31,39)50)26-13-16-34(46)51-25-26/h13,16,24-25,28-32,50H,3-12,14-15,17-23H2,1-2H3,(H,44,45)(H,48,49)(H4,41,42,43)/t28-,29+,30?,31?,32-,38-,39+,40-/m0/s1. The van der Waals surface area contributed by atoms with E-state index < -0.39 is 17.6 Å². The second-order valence-electron chi connectivity index (χ2n) is 16.3. The molecule has 0 aromatic carbocycles. The van der Waals surface area contributed by atoms with Crippen LogP contribution in [0, 0.1) is 22.7 Å². The first-order valence-electron chi connectivity index (χ1n) is 19.6. The van der Waals surface area contributed by atoms with Gasteiger partial charge in [0.1, 0.15) is 12.1 Å². The van der Waals surface area contributed by atoms with Gasteiger partial charge in [0.15, 0.2) is 5.96 Å². The first-order valence-corrected chi connectivity index (χ1v) is 19.6. The number of hydrogen-bond acceptors (Lipinski definition) is 8. The average molecular weight is 725 g/mol. The van der Waals surface area contributed by atoms with Crippen molar-refractivity contribution in [3.8, 4) is 0 Å². The molecule has 1 heterocycles. The molecular formula is C40H60N4O8. The van der Waals surface area contributed by atoms with Crippen LogP contribution in [0.2, 0.25) is 0 Å². The summed E-state index contributed by atoms with van der Waals surface area (Å²) in [7, 11) is 0. The fourth-order valence-electron chi connectivity index (χ4n) is 10.4. The van der Waals surface area contributed by atoms with Crippen molar-refractivity contribution in [3.05, 3.63) is 46.0 Å². The van der Waals surface area contributed by atoms with Gasteiger partial charge in [-0.05, 0) is 118 Å². The number of nitrogens with two attached hydrogens (primary N) is 2. The maximum atomic E-state index is 12.8. The van der Waals surface area contributed by atoms with Crippen LogP contribution in [0.5, 0.6) is 0 Å². The number of rotatable bonds is 17. The lowest BCUT2D eigenvalue weighted by Gasteiger charge is -2.61.